The zero-order valence-electron chi connectivity index (χ0n) is 11.3. The van der Waals surface area contributed by atoms with Crippen molar-refractivity contribution < 1.29 is 4.74 Å². The summed E-state index contributed by atoms with van der Waals surface area (Å²) in [5.74, 6) is 0.516. The topological polar surface area (TPSA) is 76.9 Å². The minimum absolute atomic E-state index is 0.0323. The third-order valence-electron chi connectivity index (χ3n) is 2.96. The Balaban J connectivity index is 2.45. The molecule has 0 fully saturated rings. The third-order valence-corrected chi connectivity index (χ3v) is 3.21. The van der Waals surface area contributed by atoms with Crippen molar-refractivity contribution in [2.24, 2.45) is 0 Å². The summed E-state index contributed by atoms with van der Waals surface area (Å²) in [6.07, 6.45) is 0.786. The van der Waals surface area contributed by atoms with Crippen LogP contribution in [-0.4, -0.2) is 15.9 Å². The number of aromatic nitrogens is 2. The van der Waals surface area contributed by atoms with Crippen LogP contribution in [0.3, 0.4) is 0 Å². The van der Waals surface area contributed by atoms with E-state index in [1.54, 1.807) is 24.3 Å². The Kier molecular flexibility index (Phi) is 4.16. The van der Waals surface area contributed by atoms with E-state index in [1.807, 2.05) is 19.9 Å². The molecule has 0 amide bonds. The molecule has 0 aliphatic rings. The second kappa shape index (κ2) is 5.85. The minimum Gasteiger partial charge on any atom is -0.473 e. The van der Waals surface area contributed by atoms with E-state index in [2.05, 4.69) is 5.10 Å². The van der Waals surface area contributed by atoms with Gasteiger partial charge in [0.1, 0.15) is 11.9 Å². The molecule has 0 bridgehead atoms. The molecule has 6 heteroatoms. The average molecular weight is 291 g/mol. The molecule has 5 nitrogen and oxygen atoms in total. The zero-order valence-corrected chi connectivity index (χ0v) is 12.1. The third kappa shape index (κ3) is 2.70. The monoisotopic (exact) mass is 290 g/mol. The number of halogens is 1. The van der Waals surface area contributed by atoms with Crippen LogP contribution in [-0.2, 0) is 0 Å². The van der Waals surface area contributed by atoms with Crippen LogP contribution in [0.2, 0.25) is 5.02 Å². The fraction of sp³-hybridized carbons (Fsp3) is 0.286. The molecule has 0 aliphatic heterocycles. The summed E-state index contributed by atoms with van der Waals surface area (Å²) in [5, 5.41) is 14.1. The van der Waals surface area contributed by atoms with Crippen molar-refractivity contribution in [3.63, 3.8) is 0 Å². The van der Waals surface area contributed by atoms with Crippen LogP contribution in [0, 0.1) is 11.3 Å². The Bertz CT molecular complexity index is 642. The Morgan fingerprint density at radius 3 is 2.65 bits per heavy atom. The van der Waals surface area contributed by atoms with Crippen molar-refractivity contribution in [1.82, 2.24) is 9.78 Å². The maximum atomic E-state index is 9.20. The lowest BCUT2D eigenvalue weighted by atomic mass is 10.3. The van der Waals surface area contributed by atoms with Crippen LogP contribution in [0.25, 0.3) is 5.69 Å². The molecular formula is C14H15ClN4O. The van der Waals surface area contributed by atoms with Gasteiger partial charge in [-0.05, 0) is 37.6 Å². The van der Waals surface area contributed by atoms with Crippen LogP contribution < -0.4 is 10.5 Å². The van der Waals surface area contributed by atoms with Gasteiger partial charge in [0, 0.05) is 5.02 Å². The summed E-state index contributed by atoms with van der Waals surface area (Å²) in [6.45, 7) is 3.91. The molecule has 0 saturated carbocycles. The van der Waals surface area contributed by atoms with Crippen LogP contribution in [0.1, 0.15) is 25.8 Å². The van der Waals surface area contributed by atoms with Crippen molar-refractivity contribution in [1.29, 1.82) is 5.26 Å². The van der Waals surface area contributed by atoms with Crippen molar-refractivity contribution in [3.8, 4) is 17.6 Å². The molecule has 1 heterocycles. The quantitative estimate of drug-likeness (QED) is 0.938. The van der Waals surface area contributed by atoms with Gasteiger partial charge in [-0.3, -0.25) is 0 Å². The van der Waals surface area contributed by atoms with Gasteiger partial charge < -0.3 is 10.5 Å². The predicted molar refractivity (Wildman–Crippen MR) is 78.1 cm³/mol. The molecule has 20 heavy (non-hydrogen) atoms. The molecule has 0 aliphatic carbocycles. The van der Waals surface area contributed by atoms with Crippen molar-refractivity contribution in [3.05, 3.63) is 34.9 Å². The van der Waals surface area contributed by atoms with E-state index in [1.165, 1.54) is 4.68 Å². The molecular weight excluding hydrogens is 276 g/mol. The smallest absolute Gasteiger partial charge is 0.253 e. The zero-order chi connectivity index (χ0) is 14.7. The van der Waals surface area contributed by atoms with Gasteiger partial charge in [-0.1, -0.05) is 18.5 Å². The number of nitrogens with zero attached hydrogens (tertiary/aromatic N) is 3. The molecule has 0 spiro atoms. The summed E-state index contributed by atoms with van der Waals surface area (Å²) in [5.41, 5.74) is 6.94. The number of nitrogens with two attached hydrogens (primary N) is 1. The first kappa shape index (κ1) is 14.2. The number of hydrogen-bond donors (Lipinski definition) is 1. The lowest BCUT2D eigenvalue weighted by molar-refractivity contribution is 0.207. The Labute approximate surface area is 122 Å². The lowest BCUT2D eigenvalue weighted by Gasteiger charge is -2.09. The highest BCUT2D eigenvalue weighted by Crippen LogP contribution is 2.27. The highest BCUT2D eigenvalue weighted by atomic mass is 35.5. The number of benzene rings is 1. The van der Waals surface area contributed by atoms with E-state index >= 15 is 0 Å². The molecule has 1 aromatic carbocycles. The van der Waals surface area contributed by atoms with Crippen molar-refractivity contribution in [2.45, 2.75) is 26.4 Å². The normalized spacial score (nSPS) is 11.9. The molecule has 2 rings (SSSR count). The van der Waals surface area contributed by atoms with E-state index in [0.29, 0.717) is 5.02 Å². The van der Waals surface area contributed by atoms with Crippen LogP contribution in [0.15, 0.2) is 24.3 Å². The van der Waals surface area contributed by atoms with Gasteiger partial charge in [-0.25, -0.2) is 4.68 Å². The number of nitriles is 1. The van der Waals surface area contributed by atoms with Gasteiger partial charge in [0.2, 0.25) is 0 Å². The summed E-state index contributed by atoms with van der Waals surface area (Å²) < 4.78 is 7.11. The first-order valence-electron chi connectivity index (χ1n) is 6.28. The fourth-order valence-corrected chi connectivity index (χ4v) is 1.78. The van der Waals surface area contributed by atoms with Gasteiger partial charge >= 0.3 is 0 Å². The van der Waals surface area contributed by atoms with Crippen molar-refractivity contribution >= 4 is 17.4 Å². The second-order valence-corrected chi connectivity index (χ2v) is 4.84. The number of hydrogen-bond acceptors (Lipinski definition) is 4. The highest BCUT2D eigenvalue weighted by molar-refractivity contribution is 6.30. The first-order chi connectivity index (χ1) is 9.56. The average Bonchev–Trinajstić information content (AvgIpc) is 2.75. The van der Waals surface area contributed by atoms with Crippen LogP contribution in [0.4, 0.5) is 5.82 Å². The van der Waals surface area contributed by atoms with E-state index < -0.39 is 0 Å². The highest BCUT2D eigenvalue weighted by Gasteiger charge is 2.19. The molecule has 2 N–H and O–H groups in total. The summed E-state index contributed by atoms with van der Waals surface area (Å²) in [7, 11) is 0. The molecule has 1 unspecified atom stereocenters. The molecule has 0 saturated heterocycles. The summed E-state index contributed by atoms with van der Waals surface area (Å²) >= 11 is 5.85. The van der Waals surface area contributed by atoms with E-state index in [9.17, 15) is 5.26 Å². The van der Waals surface area contributed by atoms with Gasteiger partial charge in [0.15, 0.2) is 5.56 Å². The van der Waals surface area contributed by atoms with E-state index in [0.717, 1.165) is 12.1 Å². The van der Waals surface area contributed by atoms with Gasteiger partial charge in [0.25, 0.3) is 5.88 Å². The van der Waals surface area contributed by atoms with Gasteiger partial charge in [0.05, 0.1) is 11.8 Å². The van der Waals surface area contributed by atoms with E-state index in [4.69, 9.17) is 22.1 Å². The van der Waals surface area contributed by atoms with Gasteiger partial charge in [-0.15, -0.1) is 5.10 Å². The predicted octanol–water partition coefficient (Wildman–Crippen LogP) is 3.16. The van der Waals surface area contributed by atoms with Gasteiger partial charge in [-0.2, -0.15) is 5.26 Å². The van der Waals surface area contributed by atoms with Crippen molar-refractivity contribution in [2.75, 3.05) is 5.73 Å². The number of nitrogen functional groups attached to an aromatic ring is 1. The number of anilines is 1. The lowest BCUT2D eigenvalue weighted by Crippen LogP contribution is -2.11. The number of ether oxygens (including phenoxy) is 1. The molecule has 0 radical (unpaired) electrons. The second-order valence-electron chi connectivity index (χ2n) is 4.40. The standard InChI is InChI=1S/C14H15ClN4O/c1-3-9(2)20-14-12(8-16)13(17)19(18-14)11-6-4-10(15)5-7-11/h4-7,9H,3,17H2,1-2H3. The minimum atomic E-state index is -0.0323. The summed E-state index contributed by atoms with van der Waals surface area (Å²) in [6, 6.07) is 9.06. The SMILES string of the molecule is CCC(C)Oc1nn(-c2ccc(Cl)cc2)c(N)c1C#N. The Hall–Kier alpha value is -2.19. The molecule has 1 atom stereocenters. The molecule has 104 valence electrons. The fourth-order valence-electron chi connectivity index (χ4n) is 1.65. The van der Waals surface area contributed by atoms with Crippen LogP contribution >= 0.6 is 11.6 Å². The summed E-state index contributed by atoms with van der Waals surface area (Å²) in [4.78, 5) is 0. The van der Waals surface area contributed by atoms with E-state index in [-0.39, 0.29) is 23.4 Å². The van der Waals surface area contributed by atoms with Crippen LogP contribution in [0.5, 0.6) is 5.88 Å². The number of rotatable bonds is 4. The Morgan fingerprint density at radius 2 is 2.10 bits per heavy atom. The largest absolute Gasteiger partial charge is 0.473 e. The maximum absolute atomic E-state index is 9.20. The first-order valence-corrected chi connectivity index (χ1v) is 6.65. The Morgan fingerprint density at radius 1 is 1.45 bits per heavy atom. The maximum Gasteiger partial charge on any atom is 0.253 e. The molecule has 1 aromatic heterocycles. The molecule has 2 aromatic rings.